The molecule has 0 aliphatic rings. The molecule has 1 rings (SSSR count). The molecule has 0 unspecified atom stereocenters. The Kier molecular flexibility index (Phi) is 5.36. The van der Waals surface area contributed by atoms with Crippen molar-refractivity contribution < 1.29 is 0 Å². The molecule has 1 aromatic rings. The van der Waals surface area contributed by atoms with Crippen molar-refractivity contribution in [1.29, 1.82) is 0 Å². The van der Waals surface area contributed by atoms with Crippen molar-refractivity contribution >= 4 is 11.8 Å². The predicted molar refractivity (Wildman–Crippen MR) is 74.4 cm³/mol. The lowest BCUT2D eigenvalue weighted by molar-refractivity contribution is 0.380. The minimum absolute atomic E-state index is 0.297. The van der Waals surface area contributed by atoms with E-state index in [-0.39, 0.29) is 0 Å². The molecule has 0 spiro atoms. The monoisotopic (exact) mass is 237 g/mol. The fourth-order valence-corrected chi connectivity index (χ4v) is 2.70. The molecule has 2 heteroatoms. The van der Waals surface area contributed by atoms with E-state index in [0.717, 1.165) is 6.54 Å². The molecule has 0 heterocycles. The summed E-state index contributed by atoms with van der Waals surface area (Å²) in [5, 5.41) is 3.33. The third-order valence-electron chi connectivity index (χ3n) is 3.57. The van der Waals surface area contributed by atoms with E-state index >= 15 is 0 Å². The van der Waals surface area contributed by atoms with Gasteiger partial charge in [0.1, 0.15) is 0 Å². The number of hydrogen-bond acceptors (Lipinski definition) is 2. The molecule has 90 valence electrons. The molecule has 1 N–H and O–H groups in total. The average molecular weight is 237 g/mol. The maximum absolute atomic E-state index is 3.33. The van der Waals surface area contributed by atoms with E-state index in [0.29, 0.717) is 5.41 Å². The van der Waals surface area contributed by atoms with Gasteiger partial charge in [-0.1, -0.05) is 26.0 Å². The summed E-state index contributed by atoms with van der Waals surface area (Å²) in [6, 6.07) is 9.04. The van der Waals surface area contributed by atoms with E-state index in [2.05, 4.69) is 49.7 Å². The molecule has 0 aliphatic heterocycles. The molecule has 0 fully saturated rings. The topological polar surface area (TPSA) is 12.0 Å². The smallest absolute Gasteiger partial charge is 0.00724 e. The predicted octanol–water partition coefficient (Wildman–Crippen LogP) is 3.69. The van der Waals surface area contributed by atoms with Crippen molar-refractivity contribution in [2.45, 2.75) is 37.0 Å². The molecular formula is C14H23NS. The Bertz CT molecular complexity index is 301. The van der Waals surface area contributed by atoms with Gasteiger partial charge in [0.2, 0.25) is 0 Å². The summed E-state index contributed by atoms with van der Waals surface area (Å²) >= 11 is 1.80. The highest BCUT2D eigenvalue weighted by molar-refractivity contribution is 7.98. The van der Waals surface area contributed by atoms with Crippen molar-refractivity contribution in [3.05, 3.63) is 29.8 Å². The molecule has 1 nitrogen and oxygen atoms in total. The summed E-state index contributed by atoms with van der Waals surface area (Å²) < 4.78 is 0. The van der Waals surface area contributed by atoms with Crippen molar-refractivity contribution in [1.82, 2.24) is 5.32 Å². The Morgan fingerprint density at radius 1 is 1.12 bits per heavy atom. The van der Waals surface area contributed by atoms with E-state index in [4.69, 9.17) is 0 Å². The quantitative estimate of drug-likeness (QED) is 0.757. The van der Waals surface area contributed by atoms with E-state index in [1.807, 2.05) is 7.05 Å². The van der Waals surface area contributed by atoms with Crippen LogP contribution in [0.25, 0.3) is 0 Å². The van der Waals surface area contributed by atoms with Gasteiger partial charge in [-0.05, 0) is 43.8 Å². The van der Waals surface area contributed by atoms with Gasteiger partial charge in [-0.15, -0.1) is 11.8 Å². The van der Waals surface area contributed by atoms with Gasteiger partial charge in [0, 0.05) is 16.9 Å². The minimum atomic E-state index is 0.297. The maximum Gasteiger partial charge on any atom is 0.00724 e. The number of benzene rings is 1. The average Bonchev–Trinajstić information content (AvgIpc) is 2.36. The molecule has 0 aliphatic carbocycles. The van der Waals surface area contributed by atoms with Crippen LogP contribution in [0.1, 0.15) is 32.3 Å². The molecule has 16 heavy (non-hydrogen) atoms. The fourth-order valence-electron chi connectivity index (χ4n) is 2.29. The van der Waals surface area contributed by atoms with Crippen LogP contribution in [0.15, 0.2) is 29.2 Å². The largest absolute Gasteiger partial charge is 0.319 e. The molecule has 0 bridgehead atoms. The molecular weight excluding hydrogens is 214 g/mol. The van der Waals surface area contributed by atoms with Gasteiger partial charge in [-0.25, -0.2) is 0 Å². The lowest BCUT2D eigenvalue weighted by atomic mass is 9.76. The third-order valence-corrected chi connectivity index (χ3v) is 4.31. The zero-order valence-electron chi connectivity index (χ0n) is 10.8. The van der Waals surface area contributed by atoms with Gasteiger partial charge in [-0.3, -0.25) is 0 Å². The Hall–Kier alpha value is -0.470. The Morgan fingerprint density at radius 3 is 2.06 bits per heavy atom. The van der Waals surface area contributed by atoms with Crippen molar-refractivity contribution in [3.63, 3.8) is 0 Å². The van der Waals surface area contributed by atoms with E-state index < -0.39 is 0 Å². The number of thioether (sulfide) groups is 1. The minimum Gasteiger partial charge on any atom is -0.319 e. The van der Waals surface area contributed by atoms with Crippen LogP contribution >= 0.6 is 11.8 Å². The summed E-state index contributed by atoms with van der Waals surface area (Å²) in [6.45, 7) is 5.62. The lowest BCUT2D eigenvalue weighted by Gasteiger charge is -2.32. The fraction of sp³-hybridized carbons (Fsp3) is 0.571. The number of nitrogens with one attached hydrogen (secondary N) is 1. The van der Waals surface area contributed by atoms with Crippen LogP contribution in [0.2, 0.25) is 0 Å². The Balaban J connectivity index is 3.00. The van der Waals surface area contributed by atoms with Crippen molar-refractivity contribution in [2.24, 2.45) is 0 Å². The first-order chi connectivity index (χ1) is 7.72. The van der Waals surface area contributed by atoms with Crippen LogP contribution in [0.4, 0.5) is 0 Å². The normalized spacial score (nSPS) is 11.8. The van der Waals surface area contributed by atoms with Crippen LogP contribution in [0, 0.1) is 0 Å². The number of likely N-dealkylation sites (N-methyl/N-ethyl adjacent to an activating group) is 1. The molecule has 0 saturated heterocycles. The highest BCUT2D eigenvalue weighted by atomic mass is 32.2. The van der Waals surface area contributed by atoms with E-state index in [1.54, 1.807) is 11.8 Å². The standard InChI is InChI=1S/C14H23NS/c1-5-14(6-2,11-15-3)12-7-9-13(16-4)10-8-12/h7-10,15H,5-6,11H2,1-4H3. The highest BCUT2D eigenvalue weighted by Crippen LogP contribution is 2.32. The summed E-state index contributed by atoms with van der Waals surface area (Å²) in [5.41, 5.74) is 1.76. The summed E-state index contributed by atoms with van der Waals surface area (Å²) in [7, 11) is 2.04. The Labute approximate surface area is 104 Å². The second-order valence-corrected chi connectivity index (χ2v) is 5.13. The summed E-state index contributed by atoms with van der Waals surface area (Å²) in [6.07, 6.45) is 4.49. The highest BCUT2D eigenvalue weighted by Gasteiger charge is 2.27. The number of hydrogen-bond donors (Lipinski definition) is 1. The van der Waals surface area contributed by atoms with Gasteiger partial charge in [0.25, 0.3) is 0 Å². The second-order valence-electron chi connectivity index (χ2n) is 4.25. The third kappa shape index (κ3) is 2.80. The second kappa shape index (κ2) is 6.31. The molecule has 0 radical (unpaired) electrons. The van der Waals surface area contributed by atoms with Crippen molar-refractivity contribution in [2.75, 3.05) is 19.8 Å². The van der Waals surface area contributed by atoms with Crippen LogP contribution in [0.3, 0.4) is 0 Å². The van der Waals surface area contributed by atoms with Crippen LogP contribution < -0.4 is 5.32 Å². The molecule has 0 amide bonds. The molecule has 0 atom stereocenters. The van der Waals surface area contributed by atoms with Gasteiger partial charge < -0.3 is 5.32 Å². The number of rotatable bonds is 6. The first-order valence-corrected chi connectivity index (χ1v) is 7.24. The van der Waals surface area contributed by atoms with E-state index in [1.165, 1.54) is 23.3 Å². The van der Waals surface area contributed by atoms with Crippen molar-refractivity contribution in [3.8, 4) is 0 Å². The van der Waals surface area contributed by atoms with Gasteiger partial charge >= 0.3 is 0 Å². The van der Waals surface area contributed by atoms with Crippen LogP contribution in [0.5, 0.6) is 0 Å². The zero-order valence-corrected chi connectivity index (χ0v) is 11.7. The van der Waals surface area contributed by atoms with Gasteiger partial charge in [0.05, 0.1) is 0 Å². The molecule has 1 aromatic carbocycles. The van der Waals surface area contributed by atoms with E-state index in [9.17, 15) is 0 Å². The first kappa shape index (κ1) is 13.6. The van der Waals surface area contributed by atoms with Gasteiger partial charge in [0.15, 0.2) is 0 Å². The van der Waals surface area contributed by atoms with Gasteiger partial charge in [-0.2, -0.15) is 0 Å². The maximum atomic E-state index is 3.33. The molecule has 0 aromatic heterocycles. The Morgan fingerprint density at radius 2 is 1.69 bits per heavy atom. The summed E-state index contributed by atoms with van der Waals surface area (Å²) in [4.78, 5) is 1.34. The van der Waals surface area contributed by atoms with Crippen LogP contribution in [-0.2, 0) is 5.41 Å². The lowest BCUT2D eigenvalue weighted by Crippen LogP contribution is -2.35. The van der Waals surface area contributed by atoms with Crippen LogP contribution in [-0.4, -0.2) is 19.8 Å². The zero-order chi connectivity index (χ0) is 12.0. The summed E-state index contributed by atoms with van der Waals surface area (Å²) in [5.74, 6) is 0. The SMILES string of the molecule is CCC(CC)(CNC)c1ccc(SC)cc1. The molecule has 0 saturated carbocycles. The first-order valence-electron chi connectivity index (χ1n) is 6.01.